The Morgan fingerprint density at radius 2 is 2.05 bits per heavy atom. The molecule has 0 fully saturated rings. The van der Waals surface area contributed by atoms with Gasteiger partial charge in [0, 0.05) is 31.9 Å². The van der Waals surface area contributed by atoms with Gasteiger partial charge >= 0.3 is 0 Å². The highest BCUT2D eigenvalue weighted by Gasteiger charge is 2.15. The van der Waals surface area contributed by atoms with E-state index in [2.05, 4.69) is 69.2 Å². The Morgan fingerprint density at radius 3 is 2.70 bits per heavy atom. The number of nitrogens with zero attached hydrogens (tertiary/aromatic N) is 1. The van der Waals surface area contributed by atoms with Crippen LogP contribution in [0.1, 0.15) is 38.8 Å². The molecule has 0 amide bonds. The third kappa shape index (κ3) is 3.63. The number of hydrogen-bond acceptors (Lipinski definition) is 2. The maximum Gasteiger partial charge on any atom is 0.0397 e. The van der Waals surface area contributed by atoms with Gasteiger partial charge in [0.1, 0.15) is 0 Å². The van der Waals surface area contributed by atoms with Crippen molar-refractivity contribution in [3.05, 3.63) is 34.9 Å². The van der Waals surface area contributed by atoms with Gasteiger partial charge in [0.2, 0.25) is 0 Å². The molecule has 110 valence electrons. The van der Waals surface area contributed by atoms with E-state index in [1.54, 1.807) is 0 Å². The summed E-state index contributed by atoms with van der Waals surface area (Å²) in [5, 5.41) is 3.53. The molecule has 0 unspecified atom stereocenters. The van der Waals surface area contributed by atoms with Crippen LogP contribution in [0.2, 0.25) is 0 Å². The van der Waals surface area contributed by atoms with Crippen LogP contribution in [0.3, 0.4) is 0 Å². The second kappa shape index (κ2) is 6.45. The lowest BCUT2D eigenvalue weighted by Crippen LogP contribution is -2.26. The van der Waals surface area contributed by atoms with Crippen LogP contribution in [0.4, 0.5) is 5.69 Å². The lowest BCUT2D eigenvalue weighted by atomic mass is 9.98. The van der Waals surface area contributed by atoms with Gasteiger partial charge in [0.25, 0.3) is 0 Å². The van der Waals surface area contributed by atoms with Crippen LogP contribution >= 0.6 is 0 Å². The monoisotopic (exact) mass is 272 g/mol. The third-order valence-corrected chi connectivity index (χ3v) is 4.04. The highest BCUT2D eigenvalue weighted by Crippen LogP contribution is 2.28. The highest BCUT2D eigenvalue weighted by atomic mass is 15.1. The van der Waals surface area contributed by atoms with Crippen molar-refractivity contribution in [3.8, 4) is 0 Å². The molecule has 0 saturated heterocycles. The minimum atomic E-state index is 0.533. The number of hydrogen-bond donors (Lipinski definition) is 1. The predicted molar refractivity (Wildman–Crippen MR) is 89.4 cm³/mol. The first-order valence-corrected chi connectivity index (χ1v) is 7.75. The van der Waals surface area contributed by atoms with Crippen molar-refractivity contribution < 1.29 is 0 Å². The summed E-state index contributed by atoms with van der Waals surface area (Å²) >= 11 is 0. The number of fused-ring (bicyclic) bond motifs is 1. The van der Waals surface area contributed by atoms with Gasteiger partial charge in [-0.3, -0.25) is 0 Å². The molecular formula is C18H28N2. The molecule has 1 aliphatic rings. The van der Waals surface area contributed by atoms with Crippen molar-refractivity contribution in [3.63, 3.8) is 0 Å². The first-order chi connectivity index (χ1) is 9.47. The molecule has 0 aromatic heterocycles. The second-order valence-corrected chi connectivity index (χ2v) is 6.47. The molecule has 0 atom stereocenters. The van der Waals surface area contributed by atoms with E-state index in [-0.39, 0.29) is 0 Å². The largest absolute Gasteiger partial charge is 0.374 e. The molecule has 0 radical (unpaired) electrons. The number of nitrogens with one attached hydrogen (secondary N) is 1. The average molecular weight is 272 g/mol. The normalized spacial score (nSPS) is 15.3. The maximum atomic E-state index is 3.53. The highest BCUT2D eigenvalue weighted by molar-refractivity contribution is 5.64. The van der Waals surface area contributed by atoms with Crippen molar-refractivity contribution in [2.75, 3.05) is 25.0 Å². The molecule has 0 spiro atoms. The Kier molecular flexibility index (Phi) is 4.87. The van der Waals surface area contributed by atoms with Gasteiger partial charge in [0.05, 0.1) is 0 Å². The van der Waals surface area contributed by atoms with Crippen molar-refractivity contribution in [1.29, 1.82) is 0 Å². The standard InChI is InChI=1S/C18H28N2/c1-13(2)17(12-19-14(3)4)11-15-6-7-18-16(10-15)8-9-20(18)5/h6-7,10-11,13-14,19H,8-9,12H2,1-5H3. The maximum absolute atomic E-state index is 3.53. The molecular weight excluding hydrogens is 244 g/mol. The molecule has 1 aromatic rings. The van der Waals surface area contributed by atoms with E-state index >= 15 is 0 Å². The summed E-state index contributed by atoms with van der Waals surface area (Å²) < 4.78 is 0. The number of benzene rings is 1. The molecule has 2 nitrogen and oxygen atoms in total. The summed E-state index contributed by atoms with van der Waals surface area (Å²) in [6.07, 6.45) is 3.54. The SMILES string of the molecule is CC(C)NCC(=Cc1ccc2c(c1)CCN2C)C(C)C. The quantitative estimate of drug-likeness (QED) is 0.879. The molecule has 1 aromatic carbocycles. The van der Waals surface area contributed by atoms with E-state index in [9.17, 15) is 0 Å². The van der Waals surface area contributed by atoms with Gasteiger partial charge in [-0.05, 0) is 35.6 Å². The minimum Gasteiger partial charge on any atom is -0.374 e. The van der Waals surface area contributed by atoms with E-state index in [0.29, 0.717) is 12.0 Å². The lowest BCUT2D eigenvalue weighted by Gasteiger charge is -2.16. The van der Waals surface area contributed by atoms with Crippen LogP contribution in [0.25, 0.3) is 6.08 Å². The molecule has 1 aliphatic heterocycles. The van der Waals surface area contributed by atoms with Crippen molar-refractivity contribution in [2.24, 2.45) is 5.92 Å². The third-order valence-electron chi connectivity index (χ3n) is 4.04. The number of rotatable bonds is 5. The van der Waals surface area contributed by atoms with Crippen LogP contribution in [-0.4, -0.2) is 26.2 Å². The minimum absolute atomic E-state index is 0.533. The molecule has 1 heterocycles. The first-order valence-electron chi connectivity index (χ1n) is 7.75. The number of anilines is 1. The summed E-state index contributed by atoms with van der Waals surface area (Å²) in [5.74, 6) is 0.581. The van der Waals surface area contributed by atoms with E-state index in [4.69, 9.17) is 0 Å². The first kappa shape index (κ1) is 15.1. The van der Waals surface area contributed by atoms with Crippen molar-refractivity contribution >= 4 is 11.8 Å². The van der Waals surface area contributed by atoms with Gasteiger partial charge in [-0.1, -0.05) is 45.4 Å². The van der Waals surface area contributed by atoms with Crippen LogP contribution < -0.4 is 10.2 Å². The topological polar surface area (TPSA) is 15.3 Å². The molecule has 0 bridgehead atoms. The van der Waals surface area contributed by atoms with Crippen LogP contribution in [0.5, 0.6) is 0 Å². The van der Waals surface area contributed by atoms with Gasteiger partial charge < -0.3 is 10.2 Å². The molecule has 0 saturated carbocycles. The second-order valence-electron chi connectivity index (χ2n) is 6.47. The van der Waals surface area contributed by atoms with Gasteiger partial charge in [-0.2, -0.15) is 0 Å². The van der Waals surface area contributed by atoms with Crippen LogP contribution in [-0.2, 0) is 6.42 Å². The Morgan fingerprint density at radius 1 is 1.30 bits per heavy atom. The van der Waals surface area contributed by atoms with Gasteiger partial charge in [0.15, 0.2) is 0 Å². The zero-order valence-electron chi connectivity index (χ0n) is 13.5. The van der Waals surface area contributed by atoms with Gasteiger partial charge in [-0.15, -0.1) is 0 Å². The molecule has 20 heavy (non-hydrogen) atoms. The smallest absolute Gasteiger partial charge is 0.0397 e. The molecule has 2 rings (SSSR count). The fourth-order valence-electron chi connectivity index (χ4n) is 2.63. The summed E-state index contributed by atoms with van der Waals surface area (Å²) in [6, 6.07) is 7.41. The van der Waals surface area contributed by atoms with Crippen LogP contribution in [0.15, 0.2) is 23.8 Å². The zero-order valence-corrected chi connectivity index (χ0v) is 13.5. The summed E-state index contributed by atoms with van der Waals surface area (Å²) in [7, 11) is 2.17. The average Bonchev–Trinajstić information content (AvgIpc) is 2.75. The molecule has 0 aliphatic carbocycles. The summed E-state index contributed by atoms with van der Waals surface area (Å²) in [6.45, 7) is 11.1. The van der Waals surface area contributed by atoms with E-state index in [1.807, 2.05) is 0 Å². The summed E-state index contributed by atoms with van der Waals surface area (Å²) in [4.78, 5) is 2.34. The van der Waals surface area contributed by atoms with Crippen LogP contribution in [0, 0.1) is 5.92 Å². The zero-order chi connectivity index (χ0) is 14.7. The Bertz CT molecular complexity index is 486. The molecule has 1 N–H and O–H groups in total. The predicted octanol–water partition coefficient (Wildman–Crippen LogP) is 3.72. The van der Waals surface area contributed by atoms with E-state index in [0.717, 1.165) is 13.1 Å². The van der Waals surface area contributed by atoms with E-state index in [1.165, 1.54) is 28.8 Å². The Labute approximate surface area is 123 Å². The Balaban J connectivity index is 2.19. The Hall–Kier alpha value is -1.28. The van der Waals surface area contributed by atoms with Crippen molar-refractivity contribution in [2.45, 2.75) is 40.2 Å². The molecule has 2 heteroatoms. The fourth-order valence-corrected chi connectivity index (χ4v) is 2.63. The van der Waals surface area contributed by atoms with Crippen molar-refractivity contribution in [1.82, 2.24) is 5.32 Å². The number of likely N-dealkylation sites (N-methyl/N-ethyl adjacent to an activating group) is 1. The fraction of sp³-hybridized carbons (Fsp3) is 0.556. The summed E-state index contributed by atoms with van der Waals surface area (Å²) in [5.41, 5.74) is 5.70. The van der Waals surface area contributed by atoms with E-state index < -0.39 is 0 Å². The van der Waals surface area contributed by atoms with Gasteiger partial charge in [-0.25, -0.2) is 0 Å². The lowest BCUT2D eigenvalue weighted by molar-refractivity contribution is 0.593.